The quantitative estimate of drug-likeness (QED) is 0.813. The Bertz CT molecular complexity index is 423. The Hall–Kier alpha value is -1.53. The smallest absolute Gasteiger partial charge is 0.320 e. The molecule has 0 amide bonds. The first kappa shape index (κ1) is 13.5. The summed E-state index contributed by atoms with van der Waals surface area (Å²) >= 11 is 0. The fourth-order valence-corrected chi connectivity index (χ4v) is 1.38. The molecule has 6 heteroatoms. The van der Waals surface area contributed by atoms with E-state index in [9.17, 15) is 13.6 Å². The average molecular weight is 245 g/mol. The van der Waals surface area contributed by atoms with Crippen molar-refractivity contribution in [2.45, 2.75) is 19.1 Å². The molecule has 0 fully saturated rings. The molecule has 0 heterocycles. The number of hydrogen-bond acceptors (Lipinski definition) is 3. The number of hydrogen-bond donors (Lipinski definition) is 2. The number of carboxylic acids is 1. The van der Waals surface area contributed by atoms with Gasteiger partial charge in [0.25, 0.3) is 0 Å². The lowest BCUT2D eigenvalue weighted by Crippen LogP contribution is -2.32. The molecule has 17 heavy (non-hydrogen) atoms. The fraction of sp³-hybridized carbons (Fsp3) is 0.364. The summed E-state index contributed by atoms with van der Waals surface area (Å²) in [5, 5.41) is 8.58. The first-order chi connectivity index (χ1) is 7.95. The van der Waals surface area contributed by atoms with E-state index in [0.29, 0.717) is 0 Å². The van der Waals surface area contributed by atoms with Gasteiger partial charge in [-0.1, -0.05) is 0 Å². The van der Waals surface area contributed by atoms with Crippen molar-refractivity contribution in [1.29, 1.82) is 0 Å². The first-order valence-electron chi connectivity index (χ1n) is 4.89. The van der Waals surface area contributed by atoms with Crippen molar-refractivity contribution in [3.63, 3.8) is 0 Å². The number of methoxy groups -OCH3 is 1. The molecule has 1 atom stereocenters. The monoisotopic (exact) mass is 245 g/mol. The highest BCUT2D eigenvalue weighted by Crippen LogP contribution is 2.17. The van der Waals surface area contributed by atoms with Crippen molar-refractivity contribution in [2.75, 3.05) is 7.11 Å². The Morgan fingerprint density at radius 1 is 1.41 bits per heavy atom. The third-order valence-corrected chi connectivity index (χ3v) is 2.27. The lowest BCUT2D eigenvalue weighted by Gasteiger charge is -2.10. The number of rotatable bonds is 5. The Morgan fingerprint density at radius 3 is 2.47 bits per heavy atom. The highest BCUT2D eigenvalue weighted by atomic mass is 19.1. The summed E-state index contributed by atoms with van der Waals surface area (Å²) in [5.41, 5.74) is 5.27. The van der Waals surface area contributed by atoms with Gasteiger partial charge in [0, 0.05) is 19.1 Å². The maximum absolute atomic E-state index is 13.5. The molecule has 0 aliphatic carbocycles. The van der Waals surface area contributed by atoms with E-state index in [2.05, 4.69) is 0 Å². The molecule has 0 aromatic heterocycles. The van der Waals surface area contributed by atoms with Gasteiger partial charge in [0.2, 0.25) is 0 Å². The van der Waals surface area contributed by atoms with Crippen LogP contribution in [0.5, 0.6) is 0 Å². The minimum absolute atomic E-state index is 0.0476. The van der Waals surface area contributed by atoms with Gasteiger partial charge in [-0.15, -0.1) is 0 Å². The maximum atomic E-state index is 13.5. The highest BCUT2D eigenvalue weighted by molar-refractivity contribution is 5.73. The molecule has 4 nitrogen and oxygen atoms in total. The molecule has 0 saturated heterocycles. The molecule has 0 aliphatic heterocycles. The van der Waals surface area contributed by atoms with Crippen molar-refractivity contribution >= 4 is 5.97 Å². The number of halogens is 2. The van der Waals surface area contributed by atoms with Gasteiger partial charge >= 0.3 is 5.97 Å². The third kappa shape index (κ3) is 3.47. The second-order valence-corrected chi connectivity index (χ2v) is 3.62. The minimum atomic E-state index is -1.26. The minimum Gasteiger partial charge on any atom is -0.480 e. The molecule has 0 spiro atoms. The van der Waals surface area contributed by atoms with Crippen molar-refractivity contribution in [1.82, 2.24) is 0 Å². The van der Waals surface area contributed by atoms with E-state index in [1.807, 2.05) is 0 Å². The van der Waals surface area contributed by atoms with Crippen molar-refractivity contribution in [2.24, 2.45) is 5.73 Å². The number of aliphatic carboxylic acids is 1. The van der Waals surface area contributed by atoms with Crippen LogP contribution in [0.15, 0.2) is 12.1 Å². The van der Waals surface area contributed by atoms with Gasteiger partial charge in [0.05, 0.1) is 6.61 Å². The van der Waals surface area contributed by atoms with Crippen LogP contribution >= 0.6 is 0 Å². The molecular formula is C11H13F2NO3. The van der Waals surface area contributed by atoms with Crippen LogP contribution in [0.1, 0.15) is 11.1 Å². The molecule has 3 N–H and O–H groups in total. The summed E-state index contributed by atoms with van der Waals surface area (Å²) in [5.74, 6) is -2.58. The Morgan fingerprint density at radius 2 is 1.94 bits per heavy atom. The highest BCUT2D eigenvalue weighted by Gasteiger charge is 2.17. The van der Waals surface area contributed by atoms with Crippen LogP contribution < -0.4 is 5.73 Å². The second-order valence-electron chi connectivity index (χ2n) is 3.62. The van der Waals surface area contributed by atoms with Gasteiger partial charge in [-0.2, -0.15) is 0 Å². The van der Waals surface area contributed by atoms with Gasteiger partial charge in [0.15, 0.2) is 0 Å². The Balaban J connectivity index is 2.95. The Labute approximate surface area is 97.0 Å². The summed E-state index contributed by atoms with van der Waals surface area (Å²) in [6, 6.07) is 0.687. The van der Waals surface area contributed by atoms with E-state index in [0.717, 1.165) is 12.1 Å². The van der Waals surface area contributed by atoms with Crippen LogP contribution in [0, 0.1) is 11.6 Å². The normalized spacial score (nSPS) is 12.5. The largest absolute Gasteiger partial charge is 0.480 e. The van der Waals surface area contributed by atoms with Crippen molar-refractivity contribution in [3.8, 4) is 0 Å². The van der Waals surface area contributed by atoms with E-state index >= 15 is 0 Å². The topological polar surface area (TPSA) is 72.5 Å². The molecule has 1 aromatic rings. The molecular weight excluding hydrogens is 232 g/mol. The first-order valence-corrected chi connectivity index (χ1v) is 4.89. The van der Waals surface area contributed by atoms with Gasteiger partial charge in [-0.25, -0.2) is 8.78 Å². The van der Waals surface area contributed by atoms with Crippen LogP contribution in [-0.2, 0) is 22.6 Å². The summed E-state index contributed by atoms with van der Waals surface area (Å²) in [6.45, 7) is -0.0476. The Kier molecular flexibility index (Phi) is 4.53. The molecule has 1 aromatic carbocycles. The van der Waals surface area contributed by atoms with Gasteiger partial charge in [-0.05, 0) is 17.7 Å². The molecule has 0 bridgehead atoms. The standard InChI is InChI=1S/C11H13F2NO3/c1-17-5-7-3-8(12)6(2-9(7)13)4-10(14)11(15)16/h2-3,10H,4-5,14H2,1H3,(H,15,16). The zero-order valence-corrected chi connectivity index (χ0v) is 9.24. The molecule has 0 aliphatic rings. The van der Waals surface area contributed by atoms with E-state index in [1.54, 1.807) is 0 Å². The van der Waals surface area contributed by atoms with Crippen molar-refractivity contribution < 1.29 is 23.4 Å². The van der Waals surface area contributed by atoms with Crippen LogP contribution in [0.3, 0.4) is 0 Å². The molecule has 1 rings (SSSR count). The van der Waals surface area contributed by atoms with Gasteiger partial charge < -0.3 is 15.6 Å². The van der Waals surface area contributed by atoms with Crippen LogP contribution in [0.25, 0.3) is 0 Å². The fourth-order valence-electron chi connectivity index (χ4n) is 1.38. The van der Waals surface area contributed by atoms with E-state index in [4.69, 9.17) is 15.6 Å². The lowest BCUT2D eigenvalue weighted by atomic mass is 10.0. The number of ether oxygens (including phenoxy) is 1. The van der Waals surface area contributed by atoms with E-state index < -0.39 is 23.6 Å². The predicted octanol–water partition coefficient (Wildman–Crippen LogP) is 1.07. The van der Waals surface area contributed by atoms with Gasteiger partial charge in [0.1, 0.15) is 17.7 Å². The van der Waals surface area contributed by atoms with Crippen molar-refractivity contribution in [3.05, 3.63) is 34.9 Å². The van der Waals surface area contributed by atoms with Crippen LogP contribution in [0.2, 0.25) is 0 Å². The average Bonchev–Trinajstić information content (AvgIpc) is 2.25. The van der Waals surface area contributed by atoms with E-state index in [-0.39, 0.29) is 24.2 Å². The van der Waals surface area contributed by atoms with Crippen LogP contribution in [-0.4, -0.2) is 24.2 Å². The summed E-state index contributed by atoms with van der Waals surface area (Å²) < 4.78 is 31.6. The summed E-state index contributed by atoms with van der Waals surface area (Å²) in [7, 11) is 1.37. The number of carboxylic acid groups (broad SMARTS) is 1. The summed E-state index contributed by atoms with van der Waals surface area (Å²) in [6.07, 6.45) is -0.259. The molecule has 0 radical (unpaired) electrons. The molecule has 1 unspecified atom stereocenters. The number of carbonyl (C=O) groups is 1. The predicted molar refractivity (Wildman–Crippen MR) is 56.4 cm³/mol. The zero-order chi connectivity index (χ0) is 13.0. The number of nitrogens with two attached hydrogens (primary N) is 1. The maximum Gasteiger partial charge on any atom is 0.320 e. The SMILES string of the molecule is COCc1cc(F)c(CC(N)C(=O)O)cc1F. The zero-order valence-electron chi connectivity index (χ0n) is 9.24. The summed E-state index contributed by atoms with van der Waals surface area (Å²) in [4.78, 5) is 10.5. The molecule has 0 saturated carbocycles. The molecule has 94 valence electrons. The lowest BCUT2D eigenvalue weighted by molar-refractivity contribution is -0.138. The van der Waals surface area contributed by atoms with E-state index in [1.165, 1.54) is 7.11 Å². The van der Waals surface area contributed by atoms with Crippen LogP contribution in [0.4, 0.5) is 8.78 Å². The second kappa shape index (κ2) is 5.70. The van der Waals surface area contributed by atoms with Gasteiger partial charge in [-0.3, -0.25) is 4.79 Å². The number of benzene rings is 1. The third-order valence-electron chi connectivity index (χ3n) is 2.27.